The zero-order valence-corrected chi connectivity index (χ0v) is 12.9. The van der Waals surface area contributed by atoms with E-state index in [9.17, 15) is 4.79 Å². The molecule has 1 unspecified atom stereocenters. The predicted molar refractivity (Wildman–Crippen MR) is 83.8 cm³/mol. The third-order valence-corrected chi connectivity index (χ3v) is 4.41. The van der Waals surface area contributed by atoms with Crippen LogP contribution in [0, 0.1) is 5.92 Å². The van der Waals surface area contributed by atoms with E-state index in [0.717, 1.165) is 25.8 Å². The van der Waals surface area contributed by atoms with Crippen LogP contribution in [0.15, 0.2) is 12.4 Å². The number of nitrogens with one attached hydrogen (secondary N) is 2. The van der Waals surface area contributed by atoms with Crippen molar-refractivity contribution in [2.75, 3.05) is 18.5 Å². The Morgan fingerprint density at radius 2 is 2.00 bits per heavy atom. The maximum atomic E-state index is 12.0. The van der Waals surface area contributed by atoms with E-state index >= 15 is 0 Å². The molecule has 0 radical (unpaired) electrons. The van der Waals surface area contributed by atoms with Gasteiger partial charge in [0, 0.05) is 6.54 Å². The Morgan fingerprint density at radius 3 is 2.86 bits per heavy atom. The van der Waals surface area contributed by atoms with Crippen molar-refractivity contribution in [3.63, 3.8) is 0 Å². The third kappa shape index (κ3) is 4.08. The minimum Gasteiger partial charge on any atom is -0.476 e. The Bertz CT molecular complexity index is 503. The van der Waals surface area contributed by atoms with E-state index in [2.05, 4.69) is 20.6 Å². The van der Waals surface area contributed by atoms with Gasteiger partial charge < -0.3 is 15.4 Å². The van der Waals surface area contributed by atoms with Gasteiger partial charge in [-0.25, -0.2) is 0 Å². The number of anilines is 1. The molecule has 120 valence electrons. The number of carbonyl (C=O) groups is 1. The van der Waals surface area contributed by atoms with Gasteiger partial charge in [-0.15, -0.1) is 0 Å². The second kappa shape index (κ2) is 7.42. The molecule has 1 aromatic rings. The quantitative estimate of drug-likeness (QED) is 0.871. The van der Waals surface area contributed by atoms with E-state index in [4.69, 9.17) is 4.74 Å². The van der Waals surface area contributed by atoms with Crippen LogP contribution in [-0.2, 0) is 4.79 Å². The van der Waals surface area contributed by atoms with Crippen LogP contribution < -0.4 is 15.4 Å². The van der Waals surface area contributed by atoms with Crippen LogP contribution in [0.25, 0.3) is 0 Å². The lowest BCUT2D eigenvalue weighted by Gasteiger charge is -2.16. The van der Waals surface area contributed by atoms with Crippen LogP contribution in [0.3, 0.4) is 0 Å². The van der Waals surface area contributed by atoms with Gasteiger partial charge in [-0.2, -0.15) is 4.98 Å². The summed E-state index contributed by atoms with van der Waals surface area (Å²) in [6.07, 6.45) is 11.2. The van der Waals surface area contributed by atoms with Gasteiger partial charge in [-0.1, -0.05) is 12.8 Å². The van der Waals surface area contributed by atoms with Crippen LogP contribution in [0.4, 0.5) is 5.82 Å². The lowest BCUT2D eigenvalue weighted by molar-refractivity contribution is -0.121. The van der Waals surface area contributed by atoms with Crippen LogP contribution in [0.5, 0.6) is 5.88 Å². The first kappa shape index (κ1) is 15.1. The molecule has 0 bridgehead atoms. The number of aromatic nitrogens is 2. The topological polar surface area (TPSA) is 76.1 Å². The molecule has 0 aromatic carbocycles. The molecular formula is C16H24N4O2. The molecule has 2 fully saturated rings. The normalized spacial score (nSPS) is 22.9. The highest BCUT2D eigenvalue weighted by Crippen LogP contribution is 2.25. The predicted octanol–water partition coefficient (Wildman–Crippen LogP) is 2.13. The largest absolute Gasteiger partial charge is 0.476 e. The summed E-state index contributed by atoms with van der Waals surface area (Å²) in [5.41, 5.74) is 0. The molecule has 3 rings (SSSR count). The zero-order chi connectivity index (χ0) is 15.2. The van der Waals surface area contributed by atoms with Crippen LogP contribution >= 0.6 is 0 Å². The smallest absolute Gasteiger partial charge is 0.242 e. The van der Waals surface area contributed by atoms with E-state index in [-0.39, 0.29) is 11.9 Å². The van der Waals surface area contributed by atoms with E-state index in [1.165, 1.54) is 25.7 Å². The molecule has 22 heavy (non-hydrogen) atoms. The SMILES string of the molecule is O=C1NCCCCC1Nc1cncc(OCC2CCCC2)n1. The number of hydrogen-bond acceptors (Lipinski definition) is 5. The summed E-state index contributed by atoms with van der Waals surface area (Å²) in [6, 6.07) is -0.234. The highest BCUT2D eigenvalue weighted by Gasteiger charge is 2.21. The Morgan fingerprint density at radius 1 is 1.18 bits per heavy atom. The maximum absolute atomic E-state index is 12.0. The Balaban J connectivity index is 1.56. The Kier molecular flexibility index (Phi) is 5.08. The number of nitrogens with zero attached hydrogens (tertiary/aromatic N) is 2. The number of ether oxygens (including phenoxy) is 1. The monoisotopic (exact) mass is 304 g/mol. The van der Waals surface area contributed by atoms with Crippen molar-refractivity contribution in [3.8, 4) is 5.88 Å². The van der Waals surface area contributed by atoms with Crippen molar-refractivity contribution in [1.82, 2.24) is 15.3 Å². The van der Waals surface area contributed by atoms with Gasteiger partial charge in [0.15, 0.2) is 0 Å². The molecule has 6 heteroatoms. The average Bonchev–Trinajstić information content (AvgIpc) is 2.97. The minimum atomic E-state index is -0.234. The van der Waals surface area contributed by atoms with Crippen LogP contribution in [0.2, 0.25) is 0 Å². The number of amides is 1. The first-order valence-corrected chi connectivity index (χ1v) is 8.30. The third-order valence-electron chi connectivity index (χ3n) is 4.41. The first-order chi connectivity index (χ1) is 10.8. The van der Waals surface area contributed by atoms with Gasteiger partial charge >= 0.3 is 0 Å². The van der Waals surface area contributed by atoms with Crippen molar-refractivity contribution >= 4 is 11.7 Å². The molecule has 1 saturated heterocycles. The molecule has 2 heterocycles. The van der Waals surface area contributed by atoms with E-state index in [1.54, 1.807) is 12.4 Å². The Labute approximate surface area is 131 Å². The number of hydrogen-bond donors (Lipinski definition) is 2. The molecule has 1 atom stereocenters. The fourth-order valence-corrected chi connectivity index (χ4v) is 3.12. The second-order valence-electron chi connectivity index (χ2n) is 6.19. The van der Waals surface area contributed by atoms with Gasteiger partial charge in [-0.05, 0) is 38.0 Å². The summed E-state index contributed by atoms with van der Waals surface area (Å²) in [4.78, 5) is 20.5. The lowest BCUT2D eigenvalue weighted by Crippen LogP contribution is -2.38. The molecule has 1 aliphatic heterocycles. The van der Waals surface area contributed by atoms with Crippen molar-refractivity contribution < 1.29 is 9.53 Å². The summed E-state index contributed by atoms with van der Waals surface area (Å²) in [6.45, 7) is 1.47. The number of carbonyl (C=O) groups excluding carboxylic acids is 1. The highest BCUT2D eigenvalue weighted by molar-refractivity contribution is 5.84. The molecule has 2 aliphatic rings. The fraction of sp³-hybridized carbons (Fsp3) is 0.688. The Hall–Kier alpha value is -1.85. The summed E-state index contributed by atoms with van der Waals surface area (Å²) >= 11 is 0. The first-order valence-electron chi connectivity index (χ1n) is 8.30. The summed E-state index contributed by atoms with van der Waals surface area (Å²) < 4.78 is 5.76. The van der Waals surface area contributed by atoms with E-state index in [0.29, 0.717) is 24.2 Å². The standard InChI is InChI=1S/C16H24N4O2/c21-16-13(7-3-4-8-18-16)19-14-9-17-10-15(20-14)22-11-12-5-1-2-6-12/h9-10,12-13H,1-8,11H2,(H,18,21)(H,19,20). The van der Waals surface area contributed by atoms with Gasteiger partial charge in [-0.3, -0.25) is 9.78 Å². The lowest BCUT2D eigenvalue weighted by atomic mass is 10.1. The van der Waals surface area contributed by atoms with Crippen molar-refractivity contribution in [1.29, 1.82) is 0 Å². The molecular weight excluding hydrogens is 280 g/mol. The molecule has 1 amide bonds. The molecule has 2 N–H and O–H groups in total. The molecule has 1 saturated carbocycles. The highest BCUT2D eigenvalue weighted by atomic mass is 16.5. The molecule has 1 aliphatic carbocycles. The minimum absolute atomic E-state index is 0.0385. The average molecular weight is 304 g/mol. The number of rotatable bonds is 5. The van der Waals surface area contributed by atoms with Crippen molar-refractivity contribution in [2.45, 2.75) is 51.0 Å². The van der Waals surface area contributed by atoms with E-state index < -0.39 is 0 Å². The van der Waals surface area contributed by atoms with Crippen molar-refractivity contribution in [3.05, 3.63) is 12.4 Å². The van der Waals surface area contributed by atoms with Gasteiger partial charge in [0.25, 0.3) is 0 Å². The molecule has 0 spiro atoms. The van der Waals surface area contributed by atoms with Gasteiger partial charge in [0.1, 0.15) is 11.9 Å². The summed E-state index contributed by atoms with van der Waals surface area (Å²) in [7, 11) is 0. The fourth-order valence-electron chi connectivity index (χ4n) is 3.12. The van der Waals surface area contributed by atoms with Crippen LogP contribution in [0.1, 0.15) is 44.9 Å². The summed E-state index contributed by atoms with van der Waals surface area (Å²) in [5.74, 6) is 1.82. The second-order valence-corrected chi connectivity index (χ2v) is 6.19. The van der Waals surface area contributed by atoms with Crippen LogP contribution in [-0.4, -0.2) is 35.1 Å². The molecule has 1 aromatic heterocycles. The van der Waals surface area contributed by atoms with Crippen molar-refractivity contribution in [2.24, 2.45) is 5.92 Å². The maximum Gasteiger partial charge on any atom is 0.242 e. The van der Waals surface area contributed by atoms with Gasteiger partial charge in [0.2, 0.25) is 11.8 Å². The van der Waals surface area contributed by atoms with Gasteiger partial charge in [0.05, 0.1) is 19.0 Å². The van der Waals surface area contributed by atoms with E-state index in [1.807, 2.05) is 0 Å². The molecule has 6 nitrogen and oxygen atoms in total. The zero-order valence-electron chi connectivity index (χ0n) is 12.9. The summed E-state index contributed by atoms with van der Waals surface area (Å²) in [5, 5.41) is 6.08.